The molecule has 1 aliphatic heterocycles. The number of fused-ring (bicyclic) bond motifs is 1. The molecule has 10 heteroatoms. The lowest BCUT2D eigenvalue weighted by Gasteiger charge is -2.46. The number of ether oxygens (including phenoxy) is 1. The Morgan fingerprint density at radius 3 is 2.62 bits per heavy atom. The van der Waals surface area contributed by atoms with Crippen molar-refractivity contribution in [2.24, 2.45) is 29.1 Å². The van der Waals surface area contributed by atoms with Crippen LogP contribution in [-0.2, 0) is 24.3 Å². The van der Waals surface area contributed by atoms with Crippen molar-refractivity contribution in [3.05, 3.63) is 60.2 Å². The predicted octanol–water partition coefficient (Wildman–Crippen LogP) is 3.80. The normalized spacial score (nSPS) is 28.7. The minimum absolute atomic E-state index is 0.0415. The number of rotatable bonds is 9. The van der Waals surface area contributed by atoms with E-state index in [1.54, 1.807) is 12.3 Å². The highest BCUT2D eigenvalue weighted by atomic mass is 32.2. The van der Waals surface area contributed by atoms with E-state index in [0.29, 0.717) is 12.1 Å². The van der Waals surface area contributed by atoms with Crippen LogP contribution in [0.5, 0.6) is 0 Å². The number of nitrogens with one attached hydrogen (secondary N) is 2. The Morgan fingerprint density at radius 2 is 1.95 bits per heavy atom. The highest BCUT2D eigenvalue weighted by Gasteiger charge is 2.66. The highest BCUT2D eigenvalue weighted by Crippen LogP contribution is 2.56. The van der Waals surface area contributed by atoms with E-state index in [9.17, 15) is 22.4 Å². The molecular weight excluding hydrogens is 521 g/mol. The molecule has 2 fully saturated rings. The fourth-order valence-corrected chi connectivity index (χ4v) is 6.59. The molecule has 1 saturated carbocycles. The van der Waals surface area contributed by atoms with Crippen molar-refractivity contribution >= 4 is 28.0 Å². The van der Waals surface area contributed by atoms with Crippen LogP contribution in [0.1, 0.15) is 39.8 Å². The molecule has 1 aromatic carbocycles. The van der Waals surface area contributed by atoms with Crippen LogP contribution in [0.3, 0.4) is 0 Å². The summed E-state index contributed by atoms with van der Waals surface area (Å²) in [4.78, 5) is 31.3. The largest absolute Gasteiger partial charge is 0.461 e. The third-order valence-corrected chi connectivity index (χ3v) is 9.65. The maximum absolute atomic E-state index is 13.6. The van der Waals surface area contributed by atoms with Crippen molar-refractivity contribution in [2.45, 2.75) is 40.2 Å². The molecule has 0 radical (unpaired) electrons. The fraction of sp³-hybridized carbons (Fsp3) is 0.483. The SMILES string of the molecule is CCS(=O)(=O)NCCNC(=O)[C@@]12CC(C)C(C)C(/C=C/c3ccc(-c4cccc(F)c4)cn3)C1C(C)OC2=O. The van der Waals surface area contributed by atoms with Crippen molar-refractivity contribution in [1.82, 2.24) is 15.0 Å². The summed E-state index contributed by atoms with van der Waals surface area (Å²) in [6.07, 6.45) is 5.50. The molecule has 6 atom stereocenters. The number of sulfonamides is 1. The molecule has 2 heterocycles. The summed E-state index contributed by atoms with van der Waals surface area (Å²) in [5, 5.41) is 2.79. The van der Waals surface area contributed by atoms with Gasteiger partial charge in [-0.2, -0.15) is 0 Å². The van der Waals surface area contributed by atoms with E-state index < -0.39 is 33.4 Å². The van der Waals surface area contributed by atoms with Gasteiger partial charge >= 0.3 is 5.97 Å². The lowest BCUT2D eigenvalue weighted by Crippen LogP contribution is -2.56. The number of allylic oxidation sites excluding steroid dienone is 1. The first kappa shape index (κ1) is 28.9. The topological polar surface area (TPSA) is 114 Å². The first-order valence-electron chi connectivity index (χ1n) is 13.4. The molecule has 2 N–H and O–H groups in total. The van der Waals surface area contributed by atoms with Gasteiger partial charge in [-0.1, -0.05) is 38.1 Å². The Morgan fingerprint density at radius 1 is 1.18 bits per heavy atom. The van der Waals surface area contributed by atoms with Crippen LogP contribution in [-0.4, -0.2) is 50.2 Å². The van der Waals surface area contributed by atoms with Gasteiger partial charge in [0.15, 0.2) is 5.41 Å². The number of esters is 1. The van der Waals surface area contributed by atoms with Gasteiger partial charge in [-0.3, -0.25) is 14.6 Å². The van der Waals surface area contributed by atoms with Crippen LogP contribution in [0, 0.1) is 34.9 Å². The Balaban J connectivity index is 1.55. The Labute approximate surface area is 229 Å². The maximum atomic E-state index is 13.6. The molecule has 2 aromatic rings. The molecule has 4 rings (SSSR count). The third-order valence-electron chi connectivity index (χ3n) is 8.25. The Kier molecular flexibility index (Phi) is 8.56. The van der Waals surface area contributed by atoms with Crippen LogP contribution in [0.4, 0.5) is 4.39 Å². The Bertz CT molecular complexity index is 1350. The fourth-order valence-electron chi connectivity index (χ4n) is 5.97. The van der Waals surface area contributed by atoms with E-state index in [1.807, 2.05) is 44.2 Å². The number of amides is 1. The summed E-state index contributed by atoms with van der Waals surface area (Å²) >= 11 is 0. The van der Waals surface area contributed by atoms with Gasteiger partial charge in [0.2, 0.25) is 15.9 Å². The van der Waals surface area contributed by atoms with Crippen molar-refractivity contribution < 1.29 is 27.1 Å². The van der Waals surface area contributed by atoms with Gasteiger partial charge in [0, 0.05) is 30.8 Å². The number of carbonyl (C=O) groups is 2. The minimum atomic E-state index is -3.38. The van der Waals surface area contributed by atoms with E-state index in [-0.39, 0.29) is 48.3 Å². The number of nitrogens with zero attached hydrogens (tertiary/aromatic N) is 1. The summed E-state index contributed by atoms with van der Waals surface area (Å²) in [6, 6.07) is 10.1. The number of hydrogen-bond acceptors (Lipinski definition) is 6. The van der Waals surface area contributed by atoms with Gasteiger partial charge in [-0.25, -0.2) is 17.5 Å². The number of pyridine rings is 1. The van der Waals surface area contributed by atoms with Gasteiger partial charge in [0.25, 0.3) is 0 Å². The standard InChI is InChI=1S/C29H36FN3O5S/c1-5-39(36,37)33-14-13-31-27(34)29-16-18(2)19(3)25(26(29)20(4)38-28(29)35)12-11-24-10-9-22(17-32-24)21-7-6-8-23(30)15-21/h6-12,15,17-20,25-26,33H,5,13-14,16H2,1-4H3,(H,31,34)/b12-11+/t18?,19?,20?,25?,26?,29-/m1/s1. The summed E-state index contributed by atoms with van der Waals surface area (Å²) in [7, 11) is -3.38. The number of carbonyl (C=O) groups excluding carboxylic acids is 2. The monoisotopic (exact) mass is 557 g/mol. The average molecular weight is 558 g/mol. The summed E-state index contributed by atoms with van der Waals surface area (Å²) in [5.74, 6) is -1.60. The van der Waals surface area contributed by atoms with Crippen molar-refractivity contribution in [3.63, 3.8) is 0 Å². The van der Waals surface area contributed by atoms with E-state index in [2.05, 4.69) is 21.9 Å². The second kappa shape index (κ2) is 11.6. The number of benzene rings is 1. The van der Waals surface area contributed by atoms with Gasteiger partial charge < -0.3 is 10.1 Å². The van der Waals surface area contributed by atoms with E-state index in [4.69, 9.17) is 4.74 Å². The first-order valence-corrected chi connectivity index (χ1v) is 15.0. The molecule has 8 nitrogen and oxygen atoms in total. The zero-order valence-electron chi connectivity index (χ0n) is 22.7. The maximum Gasteiger partial charge on any atom is 0.322 e. The van der Waals surface area contributed by atoms with E-state index in [1.165, 1.54) is 19.1 Å². The van der Waals surface area contributed by atoms with Gasteiger partial charge in [0.1, 0.15) is 11.9 Å². The molecule has 1 amide bonds. The molecule has 210 valence electrons. The average Bonchev–Trinajstić information content (AvgIpc) is 3.16. The molecule has 39 heavy (non-hydrogen) atoms. The van der Waals surface area contributed by atoms with Gasteiger partial charge in [-0.05, 0) is 67.9 Å². The number of hydrogen-bond donors (Lipinski definition) is 2. The van der Waals surface area contributed by atoms with Crippen LogP contribution in [0.15, 0.2) is 48.7 Å². The van der Waals surface area contributed by atoms with Crippen molar-refractivity contribution in [2.75, 3.05) is 18.8 Å². The smallest absolute Gasteiger partial charge is 0.322 e. The first-order chi connectivity index (χ1) is 18.5. The van der Waals surface area contributed by atoms with Crippen LogP contribution >= 0.6 is 0 Å². The van der Waals surface area contributed by atoms with Crippen LogP contribution in [0.25, 0.3) is 17.2 Å². The lowest BCUT2D eigenvalue weighted by atomic mass is 9.54. The molecule has 1 aliphatic carbocycles. The van der Waals surface area contributed by atoms with Crippen LogP contribution in [0.2, 0.25) is 0 Å². The third kappa shape index (κ3) is 5.91. The van der Waals surface area contributed by atoms with Crippen LogP contribution < -0.4 is 10.0 Å². The van der Waals surface area contributed by atoms with Crippen molar-refractivity contribution in [3.8, 4) is 11.1 Å². The molecule has 2 aliphatic rings. The number of aromatic nitrogens is 1. The minimum Gasteiger partial charge on any atom is -0.461 e. The number of cyclic esters (lactones) is 1. The molecule has 5 unspecified atom stereocenters. The second-order valence-electron chi connectivity index (χ2n) is 10.6. The summed E-state index contributed by atoms with van der Waals surface area (Å²) in [5.41, 5.74) is 0.892. The predicted molar refractivity (Wildman–Crippen MR) is 147 cm³/mol. The summed E-state index contributed by atoms with van der Waals surface area (Å²) < 4.78 is 45.1. The molecule has 1 saturated heterocycles. The molecule has 1 aromatic heterocycles. The lowest BCUT2D eigenvalue weighted by molar-refractivity contribution is -0.157. The zero-order valence-corrected chi connectivity index (χ0v) is 23.5. The van der Waals surface area contributed by atoms with E-state index >= 15 is 0 Å². The van der Waals surface area contributed by atoms with Crippen molar-refractivity contribution in [1.29, 1.82) is 0 Å². The van der Waals surface area contributed by atoms with Gasteiger partial charge in [-0.15, -0.1) is 0 Å². The molecule has 0 spiro atoms. The molecule has 0 bridgehead atoms. The Hall–Kier alpha value is -3.11. The van der Waals surface area contributed by atoms with E-state index in [0.717, 1.165) is 11.1 Å². The number of halogens is 1. The summed E-state index contributed by atoms with van der Waals surface area (Å²) in [6.45, 7) is 7.63. The second-order valence-corrected chi connectivity index (χ2v) is 12.7. The van der Waals surface area contributed by atoms with Gasteiger partial charge in [0.05, 0.1) is 11.4 Å². The molecular formula is C29H36FN3O5S. The zero-order chi connectivity index (χ0) is 28.4. The quantitative estimate of drug-likeness (QED) is 0.275. The highest BCUT2D eigenvalue weighted by molar-refractivity contribution is 7.89.